The third-order valence-corrected chi connectivity index (χ3v) is 4.26. The third-order valence-electron chi connectivity index (χ3n) is 2.31. The summed E-state index contributed by atoms with van der Waals surface area (Å²) in [5, 5.41) is 0. The summed E-state index contributed by atoms with van der Waals surface area (Å²) in [5.41, 5.74) is 0.801. The molecule has 5 heteroatoms. The molecule has 0 spiro atoms. The molecule has 0 aliphatic carbocycles. The van der Waals surface area contributed by atoms with Crippen molar-refractivity contribution >= 4 is 21.4 Å². The van der Waals surface area contributed by atoms with Crippen LogP contribution in [-0.2, 0) is 9.84 Å². The second-order valence-electron chi connectivity index (χ2n) is 3.96. The maximum absolute atomic E-state index is 11.5. The zero-order valence-electron chi connectivity index (χ0n) is 10.9. The van der Waals surface area contributed by atoms with Gasteiger partial charge in [0.05, 0.1) is 17.4 Å². The van der Waals surface area contributed by atoms with Gasteiger partial charge in [-0.1, -0.05) is 24.8 Å². The summed E-state index contributed by atoms with van der Waals surface area (Å²) in [6.45, 7) is 2.01. The summed E-state index contributed by atoms with van der Waals surface area (Å²) in [6, 6.07) is 7.21. The molecule has 0 N–H and O–H groups in total. The smallest absolute Gasteiger partial charge is 0.153 e. The van der Waals surface area contributed by atoms with E-state index in [2.05, 4.69) is 11.8 Å². The standard InChI is InChI=1S/C14H17ClO3S/c1-2-10-19(16,17)11-9-18-14-7-3-5-13(12-14)6-4-8-15/h3,5,7,12H,2,8-11H2,1H3. The molecule has 0 heterocycles. The average molecular weight is 301 g/mol. The molecule has 0 atom stereocenters. The molecule has 0 aliphatic heterocycles. The summed E-state index contributed by atoms with van der Waals surface area (Å²) < 4.78 is 28.5. The molecule has 1 rings (SSSR count). The molecule has 0 saturated carbocycles. The topological polar surface area (TPSA) is 43.4 Å². The Morgan fingerprint density at radius 2 is 2.11 bits per heavy atom. The van der Waals surface area contributed by atoms with Crippen molar-refractivity contribution in [1.82, 2.24) is 0 Å². The predicted molar refractivity (Wildman–Crippen MR) is 78.5 cm³/mol. The first-order chi connectivity index (χ1) is 9.07. The maximum Gasteiger partial charge on any atom is 0.153 e. The minimum absolute atomic E-state index is 0.0401. The Morgan fingerprint density at radius 1 is 1.32 bits per heavy atom. The number of hydrogen-bond acceptors (Lipinski definition) is 3. The van der Waals surface area contributed by atoms with Gasteiger partial charge in [0.15, 0.2) is 9.84 Å². The van der Waals surface area contributed by atoms with Gasteiger partial charge in [-0.2, -0.15) is 0 Å². The minimum atomic E-state index is -3.00. The lowest BCUT2D eigenvalue weighted by Crippen LogP contribution is -2.16. The number of benzene rings is 1. The van der Waals surface area contributed by atoms with Gasteiger partial charge in [0.25, 0.3) is 0 Å². The van der Waals surface area contributed by atoms with E-state index in [0.717, 1.165) is 5.56 Å². The Bertz CT molecular complexity index is 556. The lowest BCUT2D eigenvalue weighted by atomic mass is 10.2. The molecule has 0 radical (unpaired) electrons. The molecule has 0 saturated heterocycles. The lowest BCUT2D eigenvalue weighted by molar-refractivity contribution is 0.341. The van der Waals surface area contributed by atoms with Crippen LogP contribution in [0.2, 0.25) is 0 Å². The van der Waals surface area contributed by atoms with Crippen LogP contribution in [-0.4, -0.2) is 32.4 Å². The van der Waals surface area contributed by atoms with Crippen LogP contribution in [0.15, 0.2) is 24.3 Å². The highest BCUT2D eigenvalue weighted by molar-refractivity contribution is 7.91. The molecule has 0 fully saturated rings. The van der Waals surface area contributed by atoms with E-state index in [1.807, 2.05) is 19.1 Å². The Kier molecular flexibility index (Phi) is 6.75. The molecule has 0 bridgehead atoms. The van der Waals surface area contributed by atoms with Crippen molar-refractivity contribution in [3.05, 3.63) is 29.8 Å². The van der Waals surface area contributed by atoms with E-state index in [1.54, 1.807) is 12.1 Å². The Balaban J connectivity index is 2.54. The Morgan fingerprint density at radius 3 is 2.79 bits per heavy atom. The van der Waals surface area contributed by atoms with Crippen LogP contribution in [0.25, 0.3) is 0 Å². The van der Waals surface area contributed by atoms with Crippen molar-refractivity contribution in [2.45, 2.75) is 13.3 Å². The van der Waals surface area contributed by atoms with E-state index in [9.17, 15) is 8.42 Å². The Labute approximate surface area is 119 Å². The van der Waals surface area contributed by atoms with Crippen LogP contribution >= 0.6 is 11.6 Å². The van der Waals surface area contributed by atoms with E-state index in [0.29, 0.717) is 12.2 Å². The molecule has 3 nitrogen and oxygen atoms in total. The normalized spacial score (nSPS) is 10.6. The van der Waals surface area contributed by atoms with Gasteiger partial charge in [-0.3, -0.25) is 0 Å². The van der Waals surface area contributed by atoms with Crippen molar-refractivity contribution in [1.29, 1.82) is 0 Å². The molecular formula is C14H17ClO3S. The SMILES string of the molecule is CCCS(=O)(=O)CCOc1cccc(C#CCCl)c1. The molecule has 0 amide bonds. The number of ether oxygens (including phenoxy) is 1. The Hall–Kier alpha value is -1.18. The van der Waals surface area contributed by atoms with E-state index in [-0.39, 0.29) is 24.0 Å². The van der Waals surface area contributed by atoms with Crippen LogP contribution < -0.4 is 4.74 Å². The third kappa shape index (κ3) is 6.51. The van der Waals surface area contributed by atoms with Gasteiger partial charge in [-0.15, -0.1) is 11.6 Å². The van der Waals surface area contributed by atoms with E-state index in [1.165, 1.54) is 0 Å². The number of sulfone groups is 1. The number of halogens is 1. The van der Waals surface area contributed by atoms with Crippen molar-refractivity contribution in [3.63, 3.8) is 0 Å². The lowest BCUT2D eigenvalue weighted by Gasteiger charge is -2.06. The highest BCUT2D eigenvalue weighted by Gasteiger charge is 2.09. The molecule has 1 aromatic rings. The number of hydrogen-bond donors (Lipinski definition) is 0. The predicted octanol–water partition coefficient (Wildman–Crippen LogP) is 2.48. The fourth-order valence-corrected chi connectivity index (χ4v) is 2.73. The van der Waals surface area contributed by atoms with Crippen LogP contribution in [0.1, 0.15) is 18.9 Å². The van der Waals surface area contributed by atoms with Gasteiger partial charge in [0.1, 0.15) is 12.4 Å². The summed E-state index contributed by atoms with van der Waals surface area (Å²) in [7, 11) is -3.00. The van der Waals surface area contributed by atoms with E-state index in [4.69, 9.17) is 16.3 Å². The first kappa shape index (κ1) is 15.9. The maximum atomic E-state index is 11.5. The van der Waals surface area contributed by atoms with Crippen molar-refractivity contribution in [3.8, 4) is 17.6 Å². The van der Waals surface area contributed by atoms with Gasteiger partial charge in [-0.25, -0.2) is 8.42 Å². The average Bonchev–Trinajstić information content (AvgIpc) is 2.36. The van der Waals surface area contributed by atoms with Crippen molar-refractivity contribution in [2.75, 3.05) is 24.0 Å². The highest BCUT2D eigenvalue weighted by atomic mass is 35.5. The first-order valence-corrected chi connectivity index (χ1v) is 8.41. The van der Waals surface area contributed by atoms with E-state index >= 15 is 0 Å². The fraction of sp³-hybridized carbons (Fsp3) is 0.429. The number of alkyl halides is 1. The van der Waals surface area contributed by atoms with Crippen LogP contribution in [0.5, 0.6) is 5.75 Å². The largest absolute Gasteiger partial charge is 0.492 e. The highest BCUT2D eigenvalue weighted by Crippen LogP contribution is 2.12. The van der Waals surface area contributed by atoms with Crippen molar-refractivity contribution < 1.29 is 13.2 Å². The molecule has 1 aromatic carbocycles. The van der Waals surface area contributed by atoms with Gasteiger partial charge < -0.3 is 4.74 Å². The number of rotatable bonds is 6. The molecule has 104 valence electrons. The monoisotopic (exact) mass is 300 g/mol. The van der Waals surface area contributed by atoms with E-state index < -0.39 is 9.84 Å². The van der Waals surface area contributed by atoms with Gasteiger partial charge in [0.2, 0.25) is 0 Å². The zero-order valence-corrected chi connectivity index (χ0v) is 12.4. The van der Waals surface area contributed by atoms with Crippen LogP contribution in [0, 0.1) is 11.8 Å². The zero-order chi connectivity index (χ0) is 14.1. The quantitative estimate of drug-likeness (QED) is 0.599. The molecule has 0 aliphatic rings. The summed E-state index contributed by atoms with van der Waals surface area (Å²) in [4.78, 5) is 0. The van der Waals surface area contributed by atoms with Crippen LogP contribution in [0.3, 0.4) is 0 Å². The van der Waals surface area contributed by atoms with Gasteiger partial charge in [-0.05, 0) is 24.6 Å². The molecule has 0 aromatic heterocycles. The first-order valence-electron chi connectivity index (χ1n) is 6.05. The van der Waals surface area contributed by atoms with Crippen LogP contribution in [0.4, 0.5) is 0 Å². The van der Waals surface area contributed by atoms with Crippen molar-refractivity contribution in [2.24, 2.45) is 0 Å². The molecular weight excluding hydrogens is 284 g/mol. The fourth-order valence-electron chi connectivity index (χ4n) is 1.50. The van der Waals surface area contributed by atoms with Gasteiger partial charge in [0, 0.05) is 5.56 Å². The summed E-state index contributed by atoms with van der Waals surface area (Å²) in [6.07, 6.45) is 0.631. The second kappa shape index (κ2) is 8.08. The minimum Gasteiger partial charge on any atom is -0.492 e. The molecule has 0 unspecified atom stereocenters. The summed E-state index contributed by atoms with van der Waals surface area (Å²) >= 11 is 5.48. The van der Waals surface area contributed by atoms with Gasteiger partial charge >= 0.3 is 0 Å². The summed E-state index contributed by atoms with van der Waals surface area (Å²) in [5.74, 6) is 6.78. The second-order valence-corrected chi connectivity index (χ2v) is 6.53. The molecule has 19 heavy (non-hydrogen) atoms.